The van der Waals surface area contributed by atoms with E-state index in [1.54, 1.807) is 7.05 Å². The average molecular weight is 326 g/mol. The van der Waals surface area contributed by atoms with E-state index in [9.17, 15) is 9.59 Å². The van der Waals surface area contributed by atoms with Gasteiger partial charge >= 0.3 is 5.69 Å². The highest BCUT2D eigenvalue weighted by molar-refractivity contribution is 5.71. The summed E-state index contributed by atoms with van der Waals surface area (Å²) in [7, 11) is 3.16. The van der Waals surface area contributed by atoms with Crippen LogP contribution >= 0.6 is 0 Å². The van der Waals surface area contributed by atoms with Crippen molar-refractivity contribution in [3.8, 4) is 0 Å². The number of rotatable bonds is 5. The number of nitrogens with zero attached hydrogens (tertiary/aromatic N) is 4. The summed E-state index contributed by atoms with van der Waals surface area (Å²) in [5.41, 5.74) is 1.65. The SMILES string of the molecule is CCn1c(CCCc2ccccc2)nc2c1c(=O)n(C)c(=O)n2C. The fourth-order valence-electron chi connectivity index (χ4n) is 3.12. The van der Waals surface area contributed by atoms with Crippen LogP contribution in [0.1, 0.15) is 24.7 Å². The van der Waals surface area contributed by atoms with Crippen molar-refractivity contribution in [3.63, 3.8) is 0 Å². The summed E-state index contributed by atoms with van der Waals surface area (Å²) in [5.74, 6) is 0.863. The lowest BCUT2D eigenvalue weighted by molar-refractivity contribution is 0.674. The quantitative estimate of drug-likeness (QED) is 0.716. The Labute approximate surface area is 140 Å². The highest BCUT2D eigenvalue weighted by atomic mass is 16.2. The second kappa shape index (κ2) is 6.47. The summed E-state index contributed by atoms with van der Waals surface area (Å²) in [6.07, 6.45) is 2.68. The first-order chi connectivity index (χ1) is 11.5. The lowest BCUT2D eigenvalue weighted by atomic mass is 10.1. The standard InChI is InChI=1S/C18H22N4O2/c1-4-22-14(12-8-11-13-9-6-5-7-10-13)19-16-15(22)17(23)21(3)18(24)20(16)2/h5-7,9-10H,4,8,11-12H2,1-3H3. The van der Waals surface area contributed by atoms with E-state index in [1.165, 1.54) is 17.2 Å². The zero-order valence-electron chi connectivity index (χ0n) is 14.3. The maximum atomic E-state index is 12.5. The third kappa shape index (κ3) is 2.68. The van der Waals surface area contributed by atoms with Crippen molar-refractivity contribution >= 4 is 11.2 Å². The van der Waals surface area contributed by atoms with Crippen molar-refractivity contribution in [1.29, 1.82) is 0 Å². The van der Waals surface area contributed by atoms with Crippen LogP contribution in [-0.4, -0.2) is 18.7 Å². The lowest BCUT2D eigenvalue weighted by Crippen LogP contribution is -2.37. The Hall–Kier alpha value is -2.63. The van der Waals surface area contributed by atoms with Crippen LogP contribution < -0.4 is 11.2 Å². The van der Waals surface area contributed by atoms with Gasteiger partial charge in [0.2, 0.25) is 0 Å². The zero-order chi connectivity index (χ0) is 17.3. The molecule has 0 aliphatic rings. The molecule has 6 heteroatoms. The average Bonchev–Trinajstić information content (AvgIpc) is 2.97. The Kier molecular flexibility index (Phi) is 4.38. The molecule has 0 amide bonds. The molecule has 3 rings (SSSR count). The summed E-state index contributed by atoms with van der Waals surface area (Å²) in [6, 6.07) is 10.3. The van der Waals surface area contributed by atoms with Gasteiger partial charge < -0.3 is 4.57 Å². The zero-order valence-corrected chi connectivity index (χ0v) is 14.3. The van der Waals surface area contributed by atoms with Crippen LogP contribution in [-0.2, 0) is 33.5 Å². The van der Waals surface area contributed by atoms with Gasteiger partial charge in [-0.2, -0.15) is 0 Å². The Morgan fingerprint density at radius 3 is 2.38 bits per heavy atom. The molecule has 0 saturated heterocycles. The summed E-state index contributed by atoms with van der Waals surface area (Å²) in [6.45, 7) is 2.65. The number of aromatic nitrogens is 4. The van der Waals surface area contributed by atoms with Crippen LogP contribution in [0.4, 0.5) is 0 Å². The number of aryl methyl sites for hydroxylation is 4. The Morgan fingerprint density at radius 2 is 1.71 bits per heavy atom. The van der Waals surface area contributed by atoms with E-state index < -0.39 is 0 Å². The minimum Gasteiger partial charge on any atom is -0.322 e. The molecule has 0 atom stereocenters. The van der Waals surface area contributed by atoms with E-state index in [-0.39, 0.29) is 11.2 Å². The largest absolute Gasteiger partial charge is 0.332 e. The Bertz CT molecular complexity index is 980. The molecular weight excluding hydrogens is 304 g/mol. The van der Waals surface area contributed by atoms with Crippen LogP contribution in [0.5, 0.6) is 0 Å². The number of imidazole rings is 1. The van der Waals surface area contributed by atoms with Gasteiger partial charge in [-0.15, -0.1) is 0 Å². The summed E-state index contributed by atoms with van der Waals surface area (Å²) in [4.78, 5) is 29.2. The van der Waals surface area contributed by atoms with Gasteiger partial charge in [-0.25, -0.2) is 9.78 Å². The van der Waals surface area contributed by atoms with Crippen LogP contribution in [0, 0.1) is 0 Å². The Morgan fingerprint density at radius 1 is 1.00 bits per heavy atom. The van der Waals surface area contributed by atoms with Crippen molar-refractivity contribution in [2.45, 2.75) is 32.7 Å². The van der Waals surface area contributed by atoms with E-state index in [1.807, 2.05) is 29.7 Å². The van der Waals surface area contributed by atoms with Crippen LogP contribution in [0.15, 0.2) is 39.9 Å². The van der Waals surface area contributed by atoms with E-state index in [2.05, 4.69) is 17.1 Å². The van der Waals surface area contributed by atoms with Gasteiger partial charge in [-0.05, 0) is 25.3 Å². The highest BCUT2D eigenvalue weighted by Crippen LogP contribution is 2.14. The van der Waals surface area contributed by atoms with Crippen molar-refractivity contribution in [2.24, 2.45) is 14.1 Å². The van der Waals surface area contributed by atoms with Gasteiger partial charge in [0.25, 0.3) is 5.56 Å². The number of hydrogen-bond acceptors (Lipinski definition) is 3. The molecular formula is C18H22N4O2. The number of benzene rings is 1. The maximum absolute atomic E-state index is 12.5. The van der Waals surface area contributed by atoms with Gasteiger partial charge in [0.1, 0.15) is 5.82 Å². The van der Waals surface area contributed by atoms with E-state index in [4.69, 9.17) is 0 Å². The van der Waals surface area contributed by atoms with E-state index in [0.29, 0.717) is 17.7 Å². The first-order valence-electron chi connectivity index (χ1n) is 8.23. The smallest absolute Gasteiger partial charge is 0.322 e. The fourth-order valence-corrected chi connectivity index (χ4v) is 3.12. The molecule has 1 aromatic carbocycles. The second-order valence-electron chi connectivity index (χ2n) is 5.99. The van der Waals surface area contributed by atoms with Crippen molar-refractivity contribution in [3.05, 3.63) is 62.6 Å². The summed E-state index contributed by atoms with van der Waals surface area (Å²) in [5, 5.41) is 0. The molecule has 0 radical (unpaired) electrons. The van der Waals surface area contributed by atoms with Gasteiger partial charge in [0, 0.05) is 27.1 Å². The second-order valence-corrected chi connectivity index (χ2v) is 5.99. The normalized spacial score (nSPS) is 11.3. The van der Waals surface area contributed by atoms with Crippen molar-refractivity contribution < 1.29 is 0 Å². The van der Waals surface area contributed by atoms with Crippen molar-refractivity contribution in [2.75, 3.05) is 0 Å². The molecule has 0 aliphatic heterocycles. The molecule has 126 valence electrons. The third-order valence-corrected chi connectivity index (χ3v) is 4.45. The van der Waals surface area contributed by atoms with Crippen LogP contribution in [0.3, 0.4) is 0 Å². The first kappa shape index (κ1) is 16.2. The summed E-state index contributed by atoms with van der Waals surface area (Å²) < 4.78 is 4.52. The molecule has 6 nitrogen and oxygen atoms in total. The highest BCUT2D eigenvalue weighted by Gasteiger charge is 2.17. The molecule has 0 N–H and O–H groups in total. The van der Waals surface area contributed by atoms with E-state index >= 15 is 0 Å². The molecule has 24 heavy (non-hydrogen) atoms. The van der Waals surface area contributed by atoms with Gasteiger partial charge in [0.15, 0.2) is 11.2 Å². The fraction of sp³-hybridized carbons (Fsp3) is 0.389. The summed E-state index contributed by atoms with van der Waals surface area (Å²) >= 11 is 0. The maximum Gasteiger partial charge on any atom is 0.332 e. The molecule has 0 spiro atoms. The molecule has 2 heterocycles. The third-order valence-electron chi connectivity index (χ3n) is 4.45. The predicted molar refractivity (Wildman–Crippen MR) is 94.4 cm³/mol. The van der Waals surface area contributed by atoms with Crippen LogP contribution in [0.2, 0.25) is 0 Å². The number of fused-ring (bicyclic) bond motifs is 1. The molecule has 0 fully saturated rings. The minimum atomic E-state index is -0.343. The number of hydrogen-bond donors (Lipinski definition) is 0. The Balaban J connectivity index is 1.97. The van der Waals surface area contributed by atoms with Crippen LogP contribution in [0.25, 0.3) is 11.2 Å². The molecule has 0 aliphatic carbocycles. The van der Waals surface area contributed by atoms with E-state index in [0.717, 1.165) is 29.7 Å². The topological polar surface area (TPSA) is 61.8 Å². The minimum absolute atomic E-state index is 0.281. The molecule has 2 aromatic heterocycles. The van der Waals surface area contributed by atoms with Gasteiger partial charge in [-0.1, -0.05) is 30.3 Å². The molecule has 3 aromatic rings. The predicted octanol–water partition coefficient (Wildman–Crippen LogP) is 1.63. The molecule has 0 bridgehead atoms. The van der Waals surface area contributed by atoms with Gasteiger partial charge in [0.05, 0.1) is 0 Å². The molecule has 0 saturated carbocycles. The van der Waals surface area contributed by atoms with Gasteiger partial charge in [-0.3, -0.25) is 13.9 Å². The molecule has 0 unspecified atom stereocenters. The van der Waals surface area contributed by atoms with Crippen molar-refractivity contribution in [1.82, 2.24) is 18.7 Å². The lowest BCUT2D eigenvalue weighted by Gasteiger charge is -2.07. The monoisotopic (exact) mass is 326 g/mol. The first-order valence-corrected chi connectivity index (χ1v) is 8.23.